The zero-order chi connectivity index (χ0) is 9.42. The second-order valence-corrected chi connectivity index (χ2v) is 2.68. The van der Waals surface area contributed by atoms with Crippen LogP contribution < -0.4 is 0 Å². The summed E-state index contributed by atoms with van der Waals surface area (Å²) in [7, 11) is 0. The number of hydrogen-bond acceptors (Lipinski definition) is 4. The fourth-order valence-electron chi connectivity index (χ4n) is 0.919. The van der Waals surface area contributed by atoms with Crippen molar-refractivity contribution >= 4 is 28.7 Å². The molecule has 13 heavy (non-hydrogen) atoms. The van der Waals surface area contributed by atoms with E-state index in [-0.39, 0.29) is 16.4 Å². The van der Waals surface area contributed by atoms with Gasteiger partial charge in [-0.3, -0.25) is 0 Å². The zero-order valence-electron chi connectivity index (χ0n) is 6.19. The van der Waals surface area contributed by atoms with Gasteiger partial charge in [0.15, 0.2) is 16.3 Å². The van der Waals surface area contributed by atoms with Gasteiger partial charge in [-0.05, 0) is 12.1 Å². The topological polar surface area (TPSA) is 76.2 Å². The molecule has 0 fully saturated rings. The largest absolute Gasteiger partial charge is 0.477 e. The van der Waals surface area contributed by atoms with E-state index in [1.165, 1.54) is 12.1 Å². The number of aromatic nitrogens is 2. The summed E-state index contributed by atoms with van der Waals surface area (Å²) in [6.45, 7) is 0. The zero-order valence-corrected chi connectivity index (χ0v) is 6.95. The normalized spacial score (nSPS) is 10.5. The third-order valence-electron chi connectivity index (χ3n) is 1.50. The first-order chi connectivity index (χ1) is 6.18. The van der Waals surface area contributed by atoms with Crippen molar-refractivity contribution in [3.63, 3.8) is 0 Å². The maximum atomic E-state index is 10.5. The van der Waals surface area contributed by atoms with Crippen molar-refractivity contribution in [2.45, 2.75) is 0 Å². The maximum absolute atomic E-state index is 10.5. The average Bonchev–Trinajstić information content (AvgIpc) is 2.47. The molecule has 6 heteroatoms. The summed E-state index contributed by atoms with van der Waals surface area (Å²) >= 11 is 5.59. The smallest absolute Gasteiger partial charge is 0.354 e. The number of pyridine rings is 1. The molecule has 0 radical (unpaired) electrons. The number of carboxylic acids is 1. The minimum absolute atomic E-state index is 0.0677. The molecular weight excluding hydrogens is 196 g/mol. The van der Waals surface area contributed by atoms with Crippen LogP contribution in [0.1, 0.15) is 10.5 Å². The van der Waals surface area contributed by atoms with Crippen molar-refractivity contribution < 1.29 is 14.4 Å². The third-order valence-corrected chi connectivity index (χ3v) is 1.74. The quantitative estimate of drug-likeness (QED) is 0.753. The summed E-state index contributed by atoms with van der Waals surface area (Å²) in [5.74, 6) is -1.11. The molecule has 0 unspecified atom stereocenters. The molecule has 0 bridgehead atoms. The fourth-order valence-corrected chi connectivity index (χ4v) is 1.09. The summed E-state index contributed by atoms with van der Waals surface area (Å²) in [5.41, 5.74) is 0.550. The lowest BCUT2D eigenvalue weighted by Crippen LogP contribution is -1.98. The van der Waals surface area contributed by atoms with E-state index in [0.717, 1.165) is 0 Å². The number of halogens is 1. The highest BCUT2D eigenvalue weighted by molar-refractivity contribution is 6.33. The average molecular weight is 199 g/mol. The molecule has 1 N–H and O–H groups in total. The van der Waals surface area contributed by atoms with Crippen LogP contribution >= 0.6 is 11.6 Å². The number of nitrogens with zero attached hydrogens (tertiary/aromatic N) is 2. The van der Waals surface area contributed by atoms with Crippen LogP contribution in [0.3, 0.4) is 0 Å². The molecule has 0 saturated heterocycles. The summed E-state index contributed by atoms with van der Waals surface area (Å²) in [4.78, 5) is 14.3. The van der Waals surface area contributed by atoms with E-state index < -0.39 is 5.97 Å². The van der Waals surface area contributed by atoms with Gasteiger partial charge in [-0.15, -0.1) is 0 Å². The minimum atomic E-state index is -1.11. The van der Waals surface area contributed by atoms with Crippen LogP contribution in [-0.2, 0) is 0 Å². The minimum Gasteiger partial charge on any atom is -0.477 e. The van der Waals surface area contributed by atoms with Crippen molar-refractivity contribution in [2.24, 2.45) is 0 Å². The van der Waals surface area contributed by atoms with E-state index in [9.17, 15) is 4.79 Å². The van der Waals surface area contributed by atoms with E-state index in [2.05, 4.69) is 10.1 Å². The van der Waals surface area contributed by atoms with Crippen LogP contribution in [-0.4, -0.2) is 21.2 Å². The Hall–Kier alpha value is -1.62. The Morgan fingerprint density at radius 1 is 1.54 bits per heavy atom. The van der Waals surface area contributed by atoms with Gasteiger partial charge >= 0.3 is 5.97 Å². The number of carbonyl (C=O) groups is 1. The van der Waals surface area contributed by atoms with E-state index in [0.29, 0.717) is 5.58 Å². The molecule has 2 rings (SSSR count). The molecular formula is C7H3ClN2O3. The van der Waals surface area contributed by atoms with Crippen LogP contribution in [0.2, 0.25) is 5.15 Å². The predicted octanol–water partition coefficient (Wildman–Crippen LogP) is 1.57. The maximum Gasteiger partial charge on any atom is 0.354 e. The fraction of sp³-hybridized carbons (Fsp3) is 0. The monoisotopic (exact) mass is 198 g/mol. The Bertz CT molecular complexity index is 480. The molecule has 0 aliphatic rings. The Balaban J connectivity index is 2.72. The SMILES string of the molecule is O=C(O)c1ccc2onc(Cl)c2n1. The van der Waals surface area contributed by atoms with Crippen molar-refractivity contribution in [1.29, 1.82) is 0 Å². The molecule has 0 amide bonds. The summed E-state index contributed by atoms with van der Waals surface area (Å²) in [5, 5.41) is 12.1. The number of aromatic carboxylic acids is 1. The van der Waals surface area contributed by atoms with E-state index in [1.54, 1.807) is 0 Å². The molecule has 2 heterocycles. The van der Waals surface area contributed by atoms with E-state index in [4.69, 9.17) is 21.2 Å². The Morgan fingerprint density at radius 3 is 3.00 bits per heavy atom. The lowest BCUT2D eigenvalue weighted by molar-refractivity contribution is 0.0691. The second-order valence-electron chi connectivity index (χ2n) is 2.32. The number of rotatable bonds is 1. The van der Waals surface area contributed by atoms with Crippen molar-refractivity contribution in [3.8, 4) is 0 Å². The van der Waals surface area contributed by atoms with Gasteiger partial charge in [0.25, 0.3) is 0 Å². The summed E-state index contributed by atoms with van der Waals surface area (Å²) in [6, 6.07) is 2.79. The Morgan fingerprint density at radius 2 is 2.31 bits per heavy atom. The number of carboxylic acid groups (broad SMARTS) is 1. The highest BCUT2D eigenvalue weighted by Crippen LogP contribution is 2.20. The Kier molecular flexibility index (Phi) is 1.66. The van der Waals surface area contributed by atoms with Crippen LogP contribution in [0.15, 0.2) is 16.7 Å². The highest BCUT2D eigenvalue weighted by atomic mass is 35.5. The van der Waals surface area contributed by atoms with Gasteiger partial charge in [0.2, 0.25) is 0 Å². The first-order valence-corrected chi connectivity index (χ1v) is 3.71. The van der Waals surface area contributed by atoms with Crippen molar-refractivity contribution in [3.05, 3.63) is 23.0 Å². The second kappa shape index (κ2) is 2.70. The molecule has 0 atom stereocenters. The van der Waals surface area contributed by atoms with Gasteiger partial charge in [-0.25, -0.2) is 9.78 Å². The van der Waals surface area contributed by atoms with Gasteiger partial charge < -0.3 is 9.63 Å². The van der Waals surface area contributed by atoms with Crippen LogP contribution in [0.25, 0.3) is 11.1 Å². The van der Waals surface area contributed by atoms with Crippen molar-refractivity contribution in [2.75, 3.05) is 0 Å². The molecule has 2 aromatic heterocycles. The number of hydrogen-bond donors (Lipinski definition) is 1. The number of fused-ring (bicyclic) bond motifs is 1. The predicted molar refractivity (Wildman–Crippen MR) is 43.8 cm³/mol. The van der Waals surface area contributed by atoms with Gasteiger partial charge in [-0.2, -0.15) is 0 Å². The lowest BCUT2D eigenvalue weighted by Gasteiger charge is -1.91. The van der Waals surface area contributed by atoms with Gasteiger partial charge in [-0.1, -0.05) is 16.8 Å². The Labute approximate surface area is 76.9 Å². The molecule has 0 spiro atoms. The van der Waals surface area contributed by atoms with E-state index in [1.807, 2.05) is 0 Å². The molecule has 0 aliphatic carbocycles. The molecule has 2 aromatic rings. The van der Waals surface area contributed by atoms with Crippen LogP contribution in [0, 0.1) is 0 Å². The van der Waals surface area contributed by atoms with Gasteiger partial charge in [0.05, 0.1) is 0 Å². The van der Waals surface area contributed by atoms with Crippen LogP contribution in [0.4, 0.5) is 0 Å². The van der Waals surface area contributed by atoms with Crippen LogP contribution in [0.5, 0.6) is 0 Å². The molecule has 0 saturated carbocycles. The lowest BCUT2D eigenvalue weighted by atomic mass is 10.3. The standard InChI is InChI=1S/C7H3ClN2O3/c8-6-5-4(13-10-6)2-1-3(9-5)7(11)12/h1-2H,(H,11,12). The van der Waals surface area contributed by atoms with E-state index >= 15 is 0 Å². The highest BCUT2D eigenvalue weighted by Gasteiger charge is 2.11. The van der Waals surface area contributed by atoms with Gasteiger partial charge in [0, 0.05) is 0 Å². The third kappa shape index (κ3) is 1.23. The molecule has 0 aliphatic heterocycles. The molecule has 5 nitrogen and oxygen atoms in total. The molecule has 0 aromatic carbocycles. The first-order valence-electron chi connectivity index (χ1n) is 3.33. The van der Waals surface area contributed by atoms with Gasteiger partial charge in [0.1, 0.15) is 5.69 Å². The van der Waals surface area contributed by atoms with Crippen molar-refractivity contribution in [1.82, 2.24) is 10.1 Å². The summed E-state index contributed by atoms with van der Waals surface area (Å²) in [6.07, 6.45) is 0. The molecule has 66 valence electrons. The first kappa shape index (κ1) is 8.00. The summed E-state index contributed by atoms with van der Waals surface area (Å²) < 4.78 is 4.75.